The molecule has 0 heterocycles. The Hall–Kier alpha value is -1.01. The number of halogens is 3. The molecule has 0 aliphatic heterocycles. The van der Waals surface area contributed by atoms with E-state index in [4.69, 9.17) is 10.8 Å². The second kappa shape index (κ2) is 4.24. The molecule has 0 aromatic heterocycles. The first-order chi connectivity index (χ1) is 6.85. The first kappa shape index (κ1) is 12.1. The Morgan fingerprint density at radius 3 is 2.60 bits per heavy atom. The Bertz CT molecular complexity index is 384. The lowest BCUT2D eigenvalue weighted by Gasteiger charge is -2.20. The van der Waals surface area contributed by atoms with E-state index >= 15 is 0 Å². The number of hydrogen-bond donors (Lipinski definition) is 2. The van der Waals surface area contributed by atoms with E-state index in [2.05, 4.69) is 15.9 Å². The maximum Gasteiger partial charge on any atom is 0.327 e. The van der Waals surface area contributed by atoms with E-state index in [1.807, 2.05) is 0 Å². The van der Waals surface area contributed by atoms with Crippen LogP contribution in [-0.4, -0.2) is 17.1 Å². The van der Waals surface area contributed by atoms with Crippen molar-refractivity contribution in [2.75, 3.05) is 0 Å². The number of aliphatic carboxylic acids is 1. The van der Waals surface area contributed by atoms with Crippen LogP contribution in [0.2, 0.25) is 0 Å². The van der Waals surface area contributed by atoms with Gasteiger partial charge in [-0.25, -0.2) is 0 Å². The normalized spacial score (nSPS) is 13.6. The molecule has 3 nitrogen and oxygen atoms in total. The molecule has 1 unspecified atom stereocenters. The van der Waals surface area contributed by atoms with Crippen LogP contribution in [0.5, 0.6) is 0 Å². The van der Waals surface area contributed by atoms with Gasteiger partial charge in [0, 0.05) is 10.0 Å². The summed E-state index contributed by atoms with van der Waals surface area (Å²) in [4.78, 5) is 10.4. The van der Waals surface area contributed by atoms with Crippen molar-refractivity contribution in [1.29, 1.82) is 0 Å². The third-order valence-electron chi connectivity index (χ3n) is 1.87. The van der Waals surface area contributed by atoms with Gasteiger partial charge in [0.25, 0.3) is 5.92 Å². The Morgan fingerprint density at radius 2 is 2.13 bits per heavy atom. The van der Waals surface area contributed by atoms with Gasteiger partial charge in [0.05, 0.1) is 0 Å². The average molecular weight is 280 g/mol. The van der Waals surface area contributed by atoms with E-state index in [0.717, 1.165) is 12.1 Å². The zero-order valence-corrected chi connectivity index (χ0v) is 9.04. The summed E-state index contributed by atoms with van der Waals surface area (Å²) in [6.07, 6.45) is 0. The predicted octanol–water partition coefficient (Wildman–Crippen LogP) is 1.95. The molecule has 0 amide bonds. The van der Waals surface area contributed by atoms with E-state index in [0.29, 0.717) is 4.47 Å². The molecule has 3 N–H and O–H groups in total. The highest BCUT2D eigenvalue weighted by molar-refractivity contribution is 9.10. The molecule has 1 aromatic carbocycles. The largest absolute Gasteiger partial charge is 0.480 e. The molecule has 0 bridgehead atoms. The molecule has 1 rings (SSSR count). The van der Waals surface area contributed by atoms with Gasteiger partial charge in [0.15, 0.2) is 6.04 Å². The number of alkyl halides is 2. The molecule has 0 saturated heterocycles. The Kier molecular flexibility index (Phi) is 3.41. The molecule has 82 valence electrons. The summed E-state index contributed by atoms with van der Waals surface area (Å²) in [6.45, 7) is 0. The second-order valence-corrected chi connectivity index (χ2v) is 3.86. The van der Waals surface area contributed by atoms with Gasteiger partial charge in [-0.2, -0.15) is 8.78 Å². The number of hydrogen-bond acceptors (Lipinski definition) is 2. The molecule has 1 atom stereocenters. The third kappa shape index (κ3) is 2.51. The van der Waals surface area contributed by atoms with Crippen molar-refractivity contribution in [3.8, 4) is 0 Å². The summed E-state index contributed by atoms with van der Waals surface area (Å²) >= 11 is 3.02. The highest BCUT2D eigenvalue weighted by atomic mass is 79.9. The SMILES string of the molecule is NC(C(=O)O)C(F)(F)c1cccc(Br)c1. The minimum absolute atomic E-state index is 0.424. The molecule has 6 heteroatoms. The van der Waals surface area contributed by atoms with Crippen molar-refractivity contribution < 1.29 is 18.7 Å². The monoisotopic (exact) mass is 279 g/mol. The van der Waals surface area contributed by atoms with E-state index in [1.54, 1.807) is 6.07 Å². The molecule has 1 aromatic rings. The summed E-state index contributed by atoms with van der Waals surface area (Å²) in [7, 11) is 0. The molecule has 0 radical (unpaired) electrons. The Morgan fingerprint density at radius 1 is 1.53 bits per heavy atom. The van der Waals surface area contributed by atoms with Crippen molar-refractivity contribution in [3.05, 3.63) is 34.3 Å². The van der Waals surface area contributed by atoms with Gasteiger partial charge in [-0.05, 0) is 12.1 Å². The number of carbonyl (C=O) groups is 1. The van der Waals surface area contributed by atoms with Gasteiger partial charge in [-0.3, -0.25) is 4.79 Å². The van der Waals surface area contributed by atoms with Crippen molar-refractivity contribution in [1.82, 2.24) is 0 Å². The average Bonchev–Trinajstić information content (AvgIpc) is 2.16. The number of carboxylic acids is 1. The van der Waals surface area contributed by atoms with E-state index in [-0.39, 0.29) is 0 Å². The van der Waals surface area contributed by atoms with Gasteiger partial charge < -0.3 is 10.8 Å². The van der Waals surface area contributed by atoms with Gasteiger partial charge >= 0.3 is 5.97 Å². The number of benzene rings is 1. The van der Waals surface area contributed by atoms with Crippen LogP contribution < -0.4 is 5.73 Å². The van der Waals surface area contributed by atoms with Crippen LogP contribution in [0, 0.1) is 0 Å². The molecule has 0 aliphatic carbocycles. The van der Waals surface area contributed by atoms with Crippen LogP contribution in [0.4, 0.5) is 8.78 Å². The van der Waals surface area contributed by atoms with Gasteiger partial charge in [-0.15, -0.1) is 0 Å². The summed E-state index contributed by atoms with van der Waals surface area (Å²) in [5, 5.41) is 8.43. The molecular formula is C9H8BrF2NO2. The van der Waals surface area contributed by atoms with Crippen molar-refractivity contribution >= 4 is 21.9 Å². The molecule has 0 fully saturated rings. The number of rotatable bonds is 3. The molecule has 0 aliphatic rings. The minimum Gasteiger partial charge on any atom is -0.480 e. The lowest BCUT2D eigenvalue weighted by atomic mass is 10.0. The summed E-state index contributed by atoms with van der Waals surface area (Å²) in [5.74, 6) is -5.32. The van der Waals surface area contributed by atoms with Gasteiger partial charge in [-0.1, -0.05) is 28.1 Å². The van der Waals surface area contributed by atoms with Crippen LogP contribution >= 0.6 is 15.9 Å². The minimum atomic E-state index is -3.59. The molecule has 15 heavy (non-hydrogen) atoms. The van der Waals surface area contributed by atoms with E-state index in [9.17, 15) is 13.6 Å². The quantitative estimate of drug-likeness (QED) is 0.889. The van der Waals surface area contributed by atoms with Crippen molar-refractivity contribution in [2.24, 2.45) is 5.73 Å². The molecule has 0 saturated carbocycles. The summed E-state index contributed by atoms with van der Waals surface area (Å²) in [6, 6.07) is 2.98. The topological polar surface area (TPSA) is 63.3 Å². The van der Waals surface area contributed by atoms with Crippen molar-refractivity contribution in [3.63, 3.8) is 0 Å². The highest BCUT2D eigenvalue weighted by Crippen LogP contribution is 2.32. The van der Waals surface area contributed by atoms with Crippen LogP contribution in [0.3, 0.4) is 0 Å². The zero-order valence-electron chi connectivity index (χ0n) is 7.45. The van der Waals surface area contributed by atoms with Crippen LogP contribution in [-0.2, 0) is 10.7 Å². The second-order valence-electron chi connectivity index (χ2n) is 2.95. The third-order valence-corrected chi connectivity index (χ3v) is 2.36. The van der Waals surface area contributed by atoms with Gasteiger partial charge in [0.1, 0.15) is 0 Å². The summed E-state index contributed by atoms with van der Waals surface area (Å²) in [5.41, 5.74) is 4.49. The maximum absolute atomic E-state index is 13.5. The first-order valence-electron chi connectivity index (χ1n) is 3.98. The number of carboxylic acid groups (broad SMARTS) is 1. The fourth-order valence-corrected chi connectivity index (χ4v) is 1.43. The highest BCUT2D eigenvalue weighted by Gasteiger charge is 2.43. The van der Waals surface area contributed by atoms with Crippen LogP contribution in [0.1, 0.15) is 5.56 Å². The lowest BCUT2D eigenvalue weighted by Crippen LogP contribution is -2.45. The lowest BCUT2D eigenvalue weighted by molar-refractivity contribution is -0.149. The van der Waals surface area contributed by atoms with Crippen LogP contribution in [0.15, 0.2) is 28.7 Å². The molecule has 0 spiro atoms. The fourth-order valence-electron chi connectivity index (χ4n) is 1.03. The maximum atomic E-state index is 13.5. The summed E-state index contributed by atoms with van der Waals surface area (Å²) < 4.78 is 27.3. The van der Waals surface area contributed by atoms with E-state index < -0.39 is 23.5 Å². The number of nitrogens with two attached hydrogens (primary N) is 1. The predicted molar refractivity (Wildman–Crippen MR) is 53.6 cm³/mol. The first-order valence-corrected chi connectivity index (χ1v) is 4.77. The van der Waals surface area contributed by atoms with Gasteiger partial charge in [0.2, 0.25) is 0 Å². The van der Waals surface area contributed by atoms with E-state index in [1.165, 1.54) is 6.07 Å². The molecular weight excluding hydrogens is 272 g/mol. The smallest absolute Gasteiger partial charge is 0.327 e. The van der Waals surface area contributed by atoms with Crippen LogP contribution in [0.25, 0.3) is 0 Å². The standard InChI is InChI=1S/C9H8BrF2NO2/c10-6-3-1-2-5(4-6)9(11,12)7(13)8(14)15/h1-4,7H,13H2,(H,14,15). The Labute approximate surface area is 93.0 Å². The van der Waals surface area contributed by atoms with Crippen molar-refractivity contribution in [2.45, 2.75) is 12.0 Å². The fraction of sp³-hybridized carbons (Fsp3) is 0.222. The zero-order chi connectivity index (χ0) is 11.6. The Balaban J connectivity index is 3.10.